The summed E-state index contributed by atoms with van der Waals surface area (Å²) in [7, 11) is 0. The fourth-order valence-corrected chi connectivity index (χ4v) is 3.80. The third-order valence-electron chi connectivity index (χ3n) is 3.57. The Labute approximate surface area is 135 Å². The van der Waals surface area contributed by atoms with Crippen molar-refractivity contribution in [2.75, 3.05) is 18.5 Å². The van der Waals surface area contributed by atoms with Gasteiger partial charge in [0.05, 0.1) is 12.3 Å². The van der Waals surface area contributed by atoms with E-state index in [1.165, 1.54) is 5.56 Å². The molecule has 3 rings (SSSR count). The molecule has 4 heteroatoms. The zero-order valence-corrected chi connectivity index (χ0v) is 14.1. The molecule has 0 saturated carbocycles. The minimum atomic E-state index is 0.485. The number of rotatable bonds is 3. The van der Waals surface area contributed by atoms with Crippen LogP contribution in [0.3, 0.4) is 0 Å². The van der Waals surface area contributed by atoms with Gasteiger partial charge in [-0.15, -0.1) is 0 Å². The first-order valence-corrected chi connectivity index (χ1v) is 8.24. The van der Waals surface area contributed by atoms with Gasteiger partial charge in [-0.1, -0.05) is 24.3 Å². The molecule has 104 valence electrons. The van der Waals surface area contributed by atoms with Gasteiger partial charge in [0.1, 0.15) is 5.75 Å². The number of anilines is 1. The topological polar surface area (TPSA) is 21.3 Å². The lowest BCUT2D eigenvalue weighted by molar-refractivity contribution is 0.270. The number of halogens is 2. The highest BCUT2D eigenvalue weighted by Crippen LogP contribution is 2.35. The van der Waals surface area contributed by atoms with E-state index in [1.807, 2.05) is 24.3 Å². The number of benzene rings is 2. The monoisotopic (exact) mass is 395 g/mol. The molecule has 1 aliphatic rings. The Balaban J connectivity index is 1.77. The summed E-state index contributed by atoms with van der Waals surface area (Å²) < 4.78 is 7.86. The van der Waals surface area contributed by atoms with E-state index in [-0.39, 0.29) is 0 Å². The number of ether oxygens (including phenoxy) is 1. The van der Waals surface area contributed by atoms with E-state index in [4.69, 9.17) is 4.74 Å². The second-order valence-corrected chi connectivity index (χ2v) is 6.56. The van der Waals surface area contributed by atoms with Crippen LogP contribution in [0.1, 0.15) is 17.9 Å². The Morgan fingerprint density at radius 3 is 2.60 bits per heavy atom. The Morgan fingerprint density at radius 2 is 1.80 bits per heavy atom. The average molecular weight is 397 g/mol. The molecule has 0 fully saturated rings. The van der Waals surface area contributed by atoms with Gasteiger partial charge in [0, 0.05) is 21.4 Å². The van der Waals surface area contributed by atoms with Crippen LogP contribution in [0.5, 0.6) is 5.75 Å². The Bertz CT molecular complexity index is 595. The lowest BCUT2D eigenvalue weighted by Gasteiger charge is -2.26. The van der Waals surface area contributed by atoms with Crippen molar-refractivity contribution in [1.29, 1.82) is 0 Å². The van der Waals surface area contributed by atoms with Crippen molar-refractivity contribution in [3.05, 3.63) is 57.0 Å². The van der Waals surface area contributed by atoms with E-state index >= 15 is 0 Å². The Morgan fingerprint density at radius 1 is 1.05 bits per heavy atom. The molecule has 20 heavy (non-hydrogen) atoms. The largest absolute Gasteiger partial charge is 0.493 e. The molecule has 0 bridgehead atoms. The van der Waals surface area contributed by atoms with Crippen LogP contribution in [0.15, 0.2) is 51.4 Å². The van der Waals surface area contributed by atoms with Crippen molar-refractivity contribution in [1.82, 2.24) is 0 Å². The quantitative estimate of drug-likeness (QED) is 0.770. The summed E-state index contributed by atoms with van der Waals surface area (Å²) >= 11 is 7.17. The van der Waals surface area contributed by atoms with Crippen LogP contribution in [0.25, 0.3) is 0 Å². The molecule has 0 aliphatic carbocycles. The van der Waals surface area contributed by atoms with Gasteiger partial charge in [0.2, 0.25) is 0 Å². The summed E-state index contributed by atoms with van der Waals surface area (Å²) in [5, 5.41) is 3.54. The maximum Gasteiger partial charge on any atom is 0.122 e. The minimum Gasteiger partial charge on any atom is -0.493 e. The van der Waals surface area contributed by atoms with Gasteiger partial charge in [-0.25, -0.2) is 0 Å². The maximum atomic E-state index is 5.71. The van der Waals surface area contributed by atoms with E-state index in [2.05, 4.69) is 55.4 Å². The van der Waals surface area contributed by atoms with Crippen molar-refractivity contribution in [2.45, 2.75) is 12.3 Å². The molecular formula is C16H15Br2NO. The lowest BCUT2D eigenvalue weighted by Crippen LogP contribution is -2.20. The SMILES string of the molecule is Brc1cccc(Br)c1NCC1CCOc2ccccc21. The molecule has 1 aliphatic heterocycles. The van der Waals surface area contributed by atoms with Crippen molar-refractivity contribution < 1.29 is 4.74 Å². The van der Waals surface area contributed by atoms with Crippen LogP contribution in [-0.4, -0.2) is 13.2 Å². The third-order valence-corrected chi connectivity index (χ3v) is 4.89. The normalized spacial score (nSPS) is 17.2. The number of para-hydroxylation sites is 2. The highest BCUT2D eigenvalue weighted by molar-refractivity contribution is 9.11. The first-order valence-electron chi connectivity index (χ1n) is 6.65. The molecule has 0 aromatic heterocycles. The second-order valence-electron chi connectivity index (χ2n) is 4.85. The second kappa shape index (κ2) is 6.19. The standard InChI is InChI=1S/C16H15Br2NO/c17-13-5-3-6-14(18)16(13)19-10-11-8-9-20-15-7-2-1-4-12(11)15/h1-7,11,19H,8-10H2. The zero-order valence-electron chi connectivity index (χ0n) is 10.9. The predicted octanol–water partition coefficient (Wildman–Crippen LogP) is 5.19. The summed E-state index contributed by atoms with van der Waals surface area (Å²) in [5.74, 6) is 1.51. The van der Waals surface area contributed by atoms with E-state index in [1.54, 1.807) is 0 Å². The fraction of sp³-hybridized carbons (Fsp3) is 0.250. The van der Waals surface area contributed by atoms with Gasteiger partial charge in [-0.05, 0) is 62.0 Å². The summed E-state index contributed by atoms with van der Waals surface area (Å²) in [5.41, 5.74) is 2.41. The maximum absolute atomic E-state index is 5.71. The highest BCUT2D eigenvalue weighted by atomic mass is 79.9. The van der Waals surface area contributed by atoms with Crippen LogP contribution < -0.4 is 10.1 Å². The third kappa shape index (κ3) is 2.86. The van der Waals surface area contributed by atoms with Gasteiger partial charge >= 0.3 is 0 Å². The molecule has 0 spiro atoms. The number of fused-ring (bicyclic) bond motifs is 1. The summed E-state index contributed by atoms with van der Waals surface area (Å²) in [6, 6.07) is 14.4. The molecule has 1 unspecified atom stereocenters. The average Bonchev–Trinajstić information content (AvgIpc) is 2.47. The van der Waals surface area contributed by atoms with Crippen LogP contribution in [0.2, 0.25) is 0 Å². The molecule has 1 atom stereocenters. The molecule has 1 N–H and O–H groups in total. The molecule has 0 radical (unpaired) electrons. The minimum absolute atomic E-state index is 0.485. The summed E-state index contributed by atoms with van der Waals surface area (Å²) in [6.07, 6.45) is 1.05. The lowest BCUT2D eigenvalue weighted by atomic mass is 9.93. The smallest absolute Gasteiger partial charge is 0.122 e. The van der Waals surface area contributed by atoms with Crippen LogP contribution in [-0.2, 0) is 0 Å². The van der Waals surface area contributed by atoms with E-state index in [9.17, 15) is 0 Å². The molecular weight excluding hydrogens is 382 g/mol. The first-order chi connectivity index (χ1) is 9.75. The summed E-state index contributed by atoms with van der Waals surface area (Å²) in [6.45, 7) is 1.70. The molecule has 0 saturated heterocycles. The van der Waals surface area contributed by atoms with Crippen LogP contribution in [0, 0.1) is 0 Å². The molecule has 2 aromatic rings. The van der Waals surface area contributed by atoms with Gasteiger partial charge in [0.15, 0.2) is 0 Å². The Kier molecular flexibility index (Phi) is 4.32. The van der Waals surface area contributed by atoms with E-state index < -0.39 is 0 Å². The van der Waals surface area contributed by atoms with Crippen molar-refractivity contribution in [3.63, 3.8) is 0 Å². The van der Waals surface area contributed by atoms with Gasteiger partial charge in [-0.3, -0.25) is 0 Å². The van der Waals surface area contributed by atoms with Crippen molar-refractivity contribution in [3.8, 4) is 5.75 Å². The van der Waals surface area contributed by atoms with E-state index in [0.717, 1.165) is 40.0 Å². The van der Waals surface area contributed by atoms with Crippen LogP contribution in [0.4, 0.5) is 5.69 Å². The highest BCUT2D eigenvalue weighted by Gasteiger charge is 2.21. The fourth-order valence-electron chi connectivity index (χ4n) is 2.52. The van der Waals surface area contributed by atoms with Crippen molar-refractivity contribution >= 4 is 37.5 Å². The van der Waals surface area contributed by atoms with Gasteiger partial charge < -0.3 is 10.1 Å². The summed E-state index contributed by atoms with van der Waals surface area (Å²) in [4.78, 5) is 0. The number of hydrogen-bond donors (Lipinski definition) is 1. The molecule has 1 heterocycles. The van der Waals surface area contributed by atoms with E-state index in [0.29, 0.717) is 5.92 Å². The van der Waals surface area contributed by atoms with Gasteiger partial charge in [-0.2, -0.15) is 0 Å². The predicted molar refractivity (Wildman–Crippen MR) is 89.6 cm³/mol. The molecule has 2 aromatic carbocycles. The van der Waals surface area contributed by atoms with Crippen molar-refractivity contribution in [2.24, 2.45) is 0 Å². The first kappa shape index (κ1) is 14.0. The number of hydrogen-bond acceptors (Lipinski definition) is 2. The molecule has 2 nitrogen and oxygen atoms in total. The number of nitrogens with one attached hydrogen (secondary N) is 1. The Hall–Kier alpha value is -1.00. The zero-order chi connectivity index (χ0) is 13.9. The molecule has 0 amide bonds. The van der Waals surface area contributed by atoms with Gasteiger partial charge in [0.25, 0.3) is 0 Å². The van der Waals surface area contributed by atoms with Crippen LogP contribution >= 0.6 is 31.9 Å².